The van der Waals surface area contributed by atoms with E-state index in [4.69, 9.17) is 0 Å². The maximum atomic E-state index is 12.7. The van der Waals surface area contributed by atoms with Crippen molar-refractivity contribution in [3.63, 3.8) is 0 Å². The van der Waals surface area contributed by atoms with Gasteiger partial charge in [0, 0.05) is 36.5 Å². The number of carbonyl (C=O) groups excluding carboxylic acids is 1. The summed E-state index contributed by atoms with van der Waals surface area (Å²) >= 11 is 0. The van der Waals surface area contributed by atoms with Crippen molar-refractivity contribution in [2.24, 2.45) is 0 Å². The monoisotopic (exact) mass is 326 g/mol. The van der Waals surface area contributed by atoms with Crippen LogP contribution in [0.1, 0.15) is 72.4 Å². The maximum Gasteiger partial charge on any atom is 0.276 e. The van der Waals surface area contributed by atoms with Crippen LogP contribution in [0.15, 0.2) is 18.2 Å². The third-order valence-electron chi connectivity index (χ3n) is 4.63. The molecular weight excluding hydrogens is 300 g/mol. The van der Waals surface area contributed by atoms with E-state index in [1.54, 1.807) is 0 Å². The molecule has 1 aliphatic heterocycles. The molecule has 3 N–H and O–H groups in total. The van der Waals surface area contributed by atoms with Gasteiger partial charge in [0.25, 0.3) is 5.91 Å². The second-order valence-electron chi connectivity index (χ2n) is 7.07. The van der Waals surface area contributed by atoms with Crippen LogP contribution in [0, 0.1) is 0 Å². The molecule has 0 atom stereocenters. The summed E-state index contributed by atoms with van der Waals surface area (Å²) in [5, 5.41) is 13.6. The molecule has 1 aromatic carbocycles. The van der Waals surface area contributed by atoms with Crippen LogP contribution in [0.2, 0.25) is 0 Å². The number of fused-ring (bicyclic) bond motifs is 1. The van der Waals surface area contributed by atoms with Crippen molar-refractivity contribution >= 4 is 11.6 Å². The molecule has 0 fully saturated rings. The summed E-state index contributed by atoms with van der Waals surface area (Å²) < 4.78 is 0. The molecule has 1 amide bonds. The summed E-state index contributed by atoms with van der Waals surface area (Å²) in [4.78, 5) is 12.7. The molecule has 0 saturated heterocycles. The maximum absolute atomic E-state index is 12.7. The van der Waals surface area contributed by atoms with Gasteiger partial charge in [0.05, 0.1) is 0 Å². The Bertz CT molecular complexity index is 746. The predicted octanol–water partition coefficient (Wildman–Crippen LogP) is 3.55. The number of hydrogen-bond donors (Lipinski definition) is 3. The predicted molar refractivity (Wildman–Crippen MR) is 96.6 cm³/mol. The van der Waals surface area contributed by atoms with E-state index in [0.29, 0.717) is 24.1 Å². The Morgan fingerprint density at radius 3 is 2.71 bits per heavy atom. The fraction of sp³-hybridized carbons (Fsp3) is 0.474. The van der Waals surface area contributed by atoms with Gasteiger partial charge in [0.2, 0.25) is 0 Å². The first-order valence-electron chi connectivity index (χ1n) is 8.69. The lowest BCUT2D eigenvalue weighted by Gasteiger charge is -2.17. The van der Waals surface area contributed by atoms with E-state index in [1.807, 2.05) is 6.07 Å². The van der Waals surface area contributed by atoms with Crippen molar-refractivity contribution in [1.82, 2.24) is 15.5 Å². The highest BCUT2D eigenvalue weighted by atomic mass is 16.1. The van der Waals surface area contributed by atoms with Gasteiger partial charge in [-0.05, 0) is 29.0 Å². The summed E-state index contributed by atoms with van der Waals surface area (Å²) in [7, 11) is 0. The smallest absolute Gasteiger partial charge is 0.276 e. The standard InChI is InChI=1S/C19H26N4O/c1-11(2)13-5-6-16(14(9-13)12(3)4)21-19(24)18-15-10-20-8-7-17(15)22-23-18/h5-6,9,11-12,20H,7-8,10H2,1-4H3,(H,21,24)(H,22,23). The topological polar surface area (TPSA) is 69.8 Å². The Kier molecular flexibility index (Phi) is 4.71. The number of H-pyrrole nitrogens is 1. The zero-order valence-electron chi connectivity index (χ0n) is 14.9. The molecule has 0 spiro atoms. The van der Waals surface area contributed by atoms with Gasteiger partial charge >= 0.3 is 0 Å². The Hall–Kier alpha value is -2.14. The highest BCUT2D eigenvalue weighted by Gasteiger charge is 2.22. The van der Waals surface area contributed by atoms with Crippen LogP contribution >= 0.6 is 0 Å². The number of aromatic nitrogens is 2. The molecule has 0 radical (unpaired) electrons. The first kappa shape index (κ1) is 16.7. The average Bonchev–Trinajstić information content (AvgIpc) is 2.98. The third-order valence-corrected chi connectivity index (χ3v) is 4.63. The first-order chi connectivity index (χ1) is 11.5. The molecule has 0 saturated carbocycles. The molecule has 2 heterocycles. The third kappa shape index (κ3) is 3.22. The number of anilines is 1. The van der Waals surface area contributed by atoms with Gasteiger partial charge in [-0.2, -0.15) is 5.10 Å². The van der Waals surface area contributed by atoms with Gasteiger partial charge < -0.3 is 10.6 Å². The number of rotatable bonds is 4. The van der Waals surface area contributed by atoms with Crippen LogP contribution < -0.4 is 10.6 Å². The molecular formula is C19H26N4O. The van der Waals surface area contributed by atoms with Crippen molar-refractivity contribution in [2.75, 3.05) is 11.9 Å². The molecule has 5 heteroatoms. The SMILES string of the molecule is CC(C)c1ccc(NC(=O)c2n[nH]c3c2CNCC3)c(C(C)C)c1. The molecule has 2 aromatic rings. The summed E-state index contributed by atoms with van der Waals surface area (Å²) in [6.45, 7) is 10.3. The quantitative estimate of drug-likeness (QED) is 0.804. The Labute approximate surface area is 143 Å². The minimum Gasteiger partial charge on any atom is -0.320 e. The van der Waals surface area contributed by atoms with Gasteiger partial charge in [-0.25, -0.2) is 0 Å². The van der Waals surface area contributed by atoms with Gasteiger partial charge in [0.1, 0.15) is 0 Å². The Balaban J connectivity index is 1.88. The van der Waals surface area contributed by atoms with Gasteiger partial charge in [-0.1, -0.05) is 39.8 Å². The summed E-state index contributed by atoms with van der Waals surface area (Å²) in [5.74, 6) is 0.667. The first-order valence-corrected chi connectivity index (χ1v) is 8.69. The number of benzene rings is 1. The van der Waals surface area contributed by atoms with Crippen LogP contribution in [0.3, 0.4) is 0 Å². The molecule has 24 heavy (non-hydrogen) atoms. The lowest BCUT2D eigenvalue weighted by Crippen LogP contribution is -2.25. The fourth-order valence-electron chi connectivity index (χ4n) is 3.13. The van der Waals surface area contributed by atoms with Gasteiger partial charge in [0.15, 0.2) is 5.69 Å². The molecule has 0 unspecified atom stereocenters. The highest BCUT2D eigenvalue weighted by molar-refractivity contribution is 6.04. The number of amides is 1. The zero-order valence-corrected chi connectivity index (χ0v) is 14.9. The number of nitrogens with one attached hydrogen (secondary N) is 3. The van der Waals surface area contributed by atoms with Crippen molar-refractivity contribution in [3.8, 4) is 0 Å². The van der Waals surface area contributed by atoms with E-state index < -0.39 is 0 Å². The molecule has 128 valence electrons. The van der Waals surface area contributed by atoms with Crippen LogP contribution in [0.25, 0.3) is 0 Å². The van der Waals surface area contributed by atoms with Crippen molar-refractivity contribution < 1.29 is 4.79 Å². The number of carbonyl (C=O) groups is 1. The van der Waals surface area contributed by atoms with E-state index >= 15 is 0 Å². The largest absolute Gasteiger partial charge is 0.320 e. The summed E-state index contributed by atoms with van der Waals surface area (Å²) in [6, 6.07) is 6.31. The van der Waals surface area contributed by atoms with Gasteiger partial charge in [-0.15, -0.1) is 0 Å². The van der Waals surface area contributed by atoms with E-state index in [-0.39, 0.29) is 5.91 Å². The highest BCUT2D eigenvalue weighted by Crippen LogP contribution is 2.29. The lowest BCUT2D eigenvalue weighted by atomic mass is 9.94. The van der Waals surface area contributed by atoms with E-state index in [2.05, 4.69) is 60.7 Å². The second kappa shape index (κ2) is 6.77. The molecule has 0 bridgehead atoms. The van der Waals surface area contributed by atoms with Crippen molar-refractivity contribution in [3.05, 3.63) is 46.3 Å². The van der Waals surface area contributed by atoms with Crippen molar-refractivity contribution in [2.45, 2.75) is 52.5 Å². The van der Waals surface area contributed by atoms with Crippen molar-refractivity contribution in [1.29, 1.82) is 0 Å². The molecule has 1 aromatic heterocycles. The summed E-state index contributed by atoms with van der Waals surface area (Å²) in [6.07, 6.45) is 0.885. The van der Waals surface area contributed by atoms with E-state index in [9.17, 15) is 4.79 Å². The zero-order chi connectivity index (χ0) is 17.3. The lowest BCUT2D eigenvalue weighted by molar-refractivity contribution is 0.102. The Morgan fingerprint density at radius 1 is 1.21 bits per heavy atom. The Morgan fingerprint density at radius 2 is 2.00 bits per heavy atom. The van der Waals surface area contributed by atoms with Gasteiger partial charge in [-0.3, -0.25) is 9.89 Å². The molecule has 3 rings (SSSR count). The van der Waals surface area contributed by atoms with E-state index in [0.717, 1.165) is 35.5 Å². The van der Waals surface area contributed by atoms with Crippen LogP contribution in [0.4, 0.5) is 5.69 Å². The minimum atomic E-state index is -0.143. The van der Waals surface area contributed by atoms with Crippen LogP contribution in [-0.2, 0) is 13.0 Å². The minimum absolute atomic E-state index is 0.143. The number of nitrogens with zero attached hydrogens (tertiary/aromatic N) is 1. The van der Waals surface area contributed by atoms with Crippen LogP contribution in [-0.4, -0.2) is 22.6 Å². The molecule has 5 nitrogen and oxygen atoms in total. The summed E-state index contributed by atoms with van der Waals surface area (Å²) in [5.41, 5.74) is 5.89. The number of hydrogen-bond acceptors (Lipinski definition) is 3. The average molecular weight is 326 g/mol. The molecule has 1 aliphatic rings. The van der Waals surface area contributed by atoms with E-state index in [1.165, 1.54) is 5.56 Å². The number of aromatic amines is 1. The second-order valence-corrected chi connectivity index (χ2v) is 7.07. The normalized spacial score (nSPS) is 14.1. The fourth-order valence-corrected chi connectivity index (χ4v) is 3.13. The van der Waals surface area contributed by atoms with Crippen LogP contribution in [0.5, 0.6) is 0 Å². The molecule has 0 aliphatic carbocycles.